The van der Waals surface area contributed by atoms with Gasteiger partial charge in [0.15, 0.2) is 14.1 Å². The van der Waals surface area contributed by atoms with Crippen molar-refractivity contribution in [2.45, 2.75) is 105 Å². The van der Waals surface area contributed by atoms with Crippen LogP contribution in [-0.2, 0) is 14.0 Å². The smallest absolute Gasteiger partial charge is 0.192 e. The van der Waals surface area contributed by atoms with Crippen molar-refractivity contribution in [1.82, 2.24) is 0 Å². The van der Waals surface area contributed by atoms with Crippen molar-refractivity contribution < 1.29 is 14.0 Å². The Morgan fingerprint density at radius 1 is 1.04 bits per heavy atom. The molecule has 4 atom stereocenters. The van der Waals surface area contributed by atoms with Gasteiger partial charge in [0, 0.05) is 24.2 Å². The van der Waals surface area contributed by atoms with Crippen LogP contribution in [0.15, 0.2) is 11.6 Å². The third kappa shape index (κ3) is 3.19. The number of ketones is 2. The van der Waals surface area contributed by atoms with Crippen LogP contribution in [0, 0.1) is 22.2 Å². The minimum absolute atomic E-state index is 0.00264. The summed E-state index contributed by atoms with van der Waals surface area (Å²) >= 11 is 0. The molecule has 0 aromatic carbocycles. The van der Waals surface area contributed by atoms with Crippen molar-refractivity contribution >= 4 is 19.9 Å². The van der Waals surface area contributed by atoms with E-state index in [0.717, 1.165) is 19.3 Å². The summed E-state index contributed by atoms with van der Waals surface area (Å²) in [4.78, 5) is 25.4. The summed E-state index contributed by atoms with van der Waals surface area (Å²) in [5.74, 6) is 0.733. The molecule has 0 spiro atoms. The van der Waals surface area contributed by atoms with Gasteiger partial charge in [-0.2, -0.15) is 0 Å². The van der Waals surface area contributed by atoms with Gasteiger partial charge in [0.05, 0.1) is 6.10 Å². The maximum atomic E-state index is 13.0. The molecule has 0 amide bonds. The van der Waals surface area contributed by atoms with Gasteiger partial charge >= 0.3 is 0 Å². The number of Topliss-reactive ketones (excluding diaryl/α,β-unsaturated/α-hetero) is 1. The number of allylic oxidation sites excluding steroid dienone is 2. The molecule has 0 saturated heterocycles. The Kier molecular flexibility index (Phi) is 5.00. The molecule has 2 fully saturated rings. The molecule has 0 aliphatic heterocycles. The van der Waals surface area contributed by atoms with Crippen molar-refractivity contribution in [2.24, 2.45) is 22.2 Å². The second-order valence-corrected chi connectivity index (χ2v) is 17.0. The Bertz CT molecular complexity index is 727. The van der Waals surface area contributed by atoms with E-state index in [0.29, 0.717) is 18.6 Å². The monoisotopic (exact) mass is 404 g/mol. The van der Waals surface area contributed by atoms with Crippen molar-refractivity contribution in [3.05, 3.63) is 11.6 Å². The van der Waals surface area contributed by atoms with Crippen LogP contribution in [0.4, 0.5) is 0 Å². The summed E-state index contributed by atoms with van der Waals surface area (Å²) in [6, 6.07) is 0. The van der Waals surface area contributed by atoms with Crippen LogP contribution >= 0.6 is 0 Å². The molecule has 0 aromatic rings. The second kappa shape index (κ2) is 6.38. The first-order chi connectivity index (χ1) is 12.5. The number of hydrogen-bond donors (Lipinski definition) is 0. The van der Waals surface area contributed by atoms with Gasteiger partial charge in [0.25, 0.3) is 0 Å². The predicted octanol–water partition coefficient (Wildman–Crippen LogP) is 6.09. The molecule has 3 rings (SSSR count). The lowest BCUT2D eigenvalue weighted by atomic mass is 9.43. The van der Waals surface area contributed by atoms with E-state index in [-0.39, 0.29) is 33.7 Å². The minimum atomic E-state index is -1.99. The number of fused-ring (bicyclic) bond motifs is 3. The van der Waals surface area contributed by atoms with E-state index < -0.39 is 13.7 Å². The third-order valence-corrected chi connectivity index (χ3v) is 13.3. The van der Waals surface area contributed by atoms with Gasteiger partial charge in [0.2, 0.25) is 0 Å². The summed E-state index contributed by atoms with van der Waals surface area (Å²) in [6.45, 7) is 20.4. The molecule has 0 bridgehead atoms. The lowest BCUT2D eigenvalue weighted by molar-refractivity contribution is -0.153. The normalized spacial score (nSPS) is 38.5. The molecule has 0 radical (unpaired) electrons. The average molecular weight is 405 g/mol. The van der Waals surface area contributed by atoms with Crippen LogP contribution < -0.4 is 0 Å². The fourth-order valence-corrected chi connectivity index (χ4v) is 7.56. The third-order valence-electron chi connectivity index (χ3n) is 8.82. The molecule has 2 saturated carbocycles. The van der Waals surface area contributed by atoms with Crippen molar-refractivity contribution in [2.75, 3.05) is 0 Å². The zero-order chi connectivity index (χ0) is 21.3. The Hall–Kier alpha value is -0.743. The topological polar surface area (TPSA) is 43.4 Å². The number of carbonyl (C=O) groups is 2. The van der Waals surface area contributed by atoms with Crippen molar-refractivity contribution in [3.63, 3.8) is 0 Å². The fourth-order valence-electron chi connectivity index (χ4n) is 6.23. The Morgan fingerprint density at radius 2 is 1.64 bits per heavy atom. The molecule has 0 N–H and O–H groups in total. The van der Waals surface area contributed by atoms with E-state index in [1.165, 1.54) is 5.57 Å². The first-order valence-corrected chi connectivity index (χ1v) is 13.9. The van der Waals surface area contributed by atoms with Crippen LogP contribution in [0.1, 0.15) is 80.6 Å². The Labute approximate surface area is 172 Å². The van der Waals surface area contributed by atoms with Gasteiger partial charge in [-0.1, -0.05) is 54.0 Å². The fraction of sp³-hybridized carbons (Fsp3) is 0.833. The molecule has 3 aliphatic rings. The Morgan fingerprint density at radius 3 is 2.21 bits per heavy atom. The minimum Gasteiger partial charge on any atom is -0.414 e. The van der Waals surface area contributed by atoms with E-state index in [2.05, 4.69) is 61.6 Å². The molecule has 0 heterocycles. The van der Waals surface area contributed by atoms with Crippen LogP contribution in [0.3, 0.4) is 0 Å². The molecule has 28 heavy (non-hydrogen) atoms. The summed E-state index contributed by atoms with van der Waals surface area (Å²) in [5, 5.41) is 0.131. The lowest BCUT2D eigenvalue weighted by Gasteiger charge is -2.63. The van der Waals surface area contributed by atoms with Gasteiger partial charge in [0.1, 0.15) is 5.78 Å². The highest BCUT2D eigenvalue weighted by Gasteiger charge is 2.63. The number of carbonyl (C=O) groups excluding carboxylic acids is 2. The highest BCUT2D eigenvalue weighted by molar-refractivity contribution is 6.74. The van der Waals surface area contributed by atoms with E-state index >= 15 is 0 Å². The summed E-state index contributed by atoms with van der Waals surface area (Å²) in [5.41, 5.74) is 0.732. The zero-order valence-corrected chi connectivity index (χ0v) is 20.5. The van der Waals surface area contributed by atoms with Crippen molar-refractivity contribution in [1.29, 1.82) is 0 Å². The summed E-state index contributed by atoms with van der Waals surface area (Å²) in [6.07, 6.45) is 5.93. The van der Waals surface area contributed by atoms with Gasteiger partial charge < -0.3 is 4.43 Å². The average Bonchev–Trinajstić information content (AvgIpc) is 2.51. The first kappa shape index (κ1) is 22.0. The maximum Gasteiger partial charge on any atom is 0.192 e. The Balaban J connectivity index is 2.14. The predicted molar refractivity (Wildman–Crippen MR) is 117 cm³/mol. The van der Waals surface area contributed by atoms with E-state index in [1.54, 1.807) is 0 Å². The van der Waals surface area contributed by atoms with Crippen molar-refractivity contribution in [3.8, 4) is 0 Å². The first-order valence-electron chi connectivity index (χ1n) is 11.0. The molecule has 3 aliphatic carbocycles. The summed E-state index contributed by atoms with van der Waals surface area (Å²) in [7, 11) is -1.99. The lowest BCUT2D eigenvalue weighted by Crippen LogP contribution is -2.62. The maximum absolute atomic E-state index is 13.0. The van der Waals surface area contributed by atoms with E-state index in [1.807, 2.05) is 6.08 Å². The standard InChI is InChI=1S/C24H40O3Si/c1-21(2,3)28(8,9)27-17-15-23(6)12-10-16(25)14-18(23)24(7)13-11-19(26)22(4,5)20(17)24/h14,17,20H,10-13,15H2,1-9H3/t17-,20-,23+,24+/m0/s1. The SMILES string of the molecule is CC1(C)C(=O)CC[C@]2(C)C3=CC(=O)CC[C@]3(C)C[C@H](O[Si](C)(C)C(C)(C)C)[C@@H]12. The zero-order valence-electron chi connectivity index (χ0n) is 19.5. The molecule has 4 heteroatoms. The molecule has 0 aromatic heterocycles. The van der Waals surface area contributed by atoms with E-state index in [4.69, 9.17) is 4.43 Å². The van der Waals surface area contributed by atoms with E-state index in [9.17, 15) is 9.59 Å². The quantitative estimate of drug-likeness (QED) is 0.523. The highest BCUT2D eigenvalue weighted by atomic mass is 28.4. The number of hydrogen-bond acceptors (Lipinski definition) is 3. The van der Waals surface area contributed by atoms with Crippen LogP contribution in [0.25, 0.3) is 0 Å². The van der Waals surface area contributed by atoms with Gasteiger partial charge in [-0.25, -0.2) is 0 Å². The highest BCUT2D eigenvalue weighted by Crippen LogP contribution is 2.66. The molecule has 0 unspecified atom stereocenters. The summed E-state index contributed by atoms with van der Waals surface area (Å²) < 4.78 is 7.08. The molecular weight excluding hydrogens is 364 g/mol. The largest absolute Gasteiger partial charge is 0.414 e. The van der Waals surface area contributed by atoms with Gasteiger partial charge in [-0.3, -0.25) is 9.59 Å². The second-order valence-electron chi connectivity index (χ2n) is 12.2. The molecular formula is C24H40O3Si. The van der Waals surface area contributed by atoms with Gasteiger partial charge in [-0.05, 0) is 54.3 Å². The molecule has 3 nitrogen and oxygen atoms in total. The van der Waals surface area contributed by atoms with Gasteiger partial charge in [-0.15, -0.1) is 0 Å². The van der Waals surface area contributed by atoms with Crippen LogP contribution in [-0.4, -0.2) is 26.0 Å². The van der Waals surface area contributed by atoms with Crippen LogP contribution in [0.5, 0.6) is 0 Å². The molecule has 158 valence electrons. The van der Waals surface area contributed by atoms with Crippen LogP contribution in [0.2, 0.25) is 18.1 Å². The number of rotatable bonds is 2.